The SMILES string of the molecule is CCCCOCOCC/C=C/C[CH2][Mg][Cl]. The van der Waals surface area contributed by atoms with Gasteiger partial charge in [-0.3, -0.25) is 0 Å². The van der Waals surface area contributed by atoms with Crippen LogP contribution in [0.3, 0.4) is 0 Å². The van der Waals surface area contributed by atoms with Crippen LogP contribution >= 0.6 is 9.07 Å². The second-order valence-electron chi connectivity index (χ2n) is 3.38. The molecule has 0 aliphatic heterocycles. The van der Waals surface area contributed by atoms with Crippen molar-refractivity contribution in [2.75, 3.05) is 20.0 Å². The number of rotatable bonds is 11. The van der Waals surface area contributed by atoms with Gasteiger partial charge in [-0.2, -0.15) is 0 Å². The topological polar surface area (TPSA) is 18.5 Å². The minimum atomic E-state index is -0.272. The Morgan fingerprint density at radius 1 is 1.13 bits per heavy atom. The predicted octanol–water partition coefficient (Wildman–Crippen LogP) is 3.39. The van der Waals surface area contributed by atoms with Gasteiger partial charge in [0.05, 0.1) is 6.61 Å². The Morgan fingerprint density at radius 3 is 2.60 bits per heavy atom. The molecule has 0 amide bonds. The first kappa shape index (κ1) is 15.7. The molecule has 0 saturated carbocycles. The molecule has 0 fully saturated rings. The van der Waals surface area contributed by atoms with Gasteiger partial charge in [-0.15, -0.1) is 4.55 Å². The maximum atomic E-state index is 5.69. The van der Waals surface area contributed by atoms with Crippen molar-refractivity contribution in [3.8, 4) is 0 Å². The van der Waals surface area contributed by atoms with Crippen molar-refractivity contribution in [1.29, 1.82) is 0 Å². The second-order valence-corrected chi connectivity index (χ2v) is 5.60. The maximum Gasteiger partial charge on any atom is 0.501 e. The van der Waals surface area contributed by atoms with Crippen LogP contribution < -0.4 is 0 Å². The van der Waals surface area contributed by atoms with Gasteiger partial charge in [-0.25, -0.2) is 0 Å². The number of unbranched alkanes of at least 4 members (excludes halogenated alkanes) is 1. The first-order chi connectivity index (χ1) is 7.41. The largest absolute Gasteiger partial charge is 0.501 e. The molecule has 0 atom stereocenters. The zero-order chi connectivity index (χ0) is 11.2. The van der Waals surface area contributed by atoms with Crippen LogP contribution in [0.15, 0.2) is 12.2 Å². The molecule has 0 saturated heterocycles. The molecule has 0 aliphatic rings. The van der Waals surface area contributed by atoms with E-state index in [2.05, 4.69) is 19.1 Å². The predicted molar refractivity (Wildman–Crippen MR) is 66.5 cm³/mol. The lowest BCUT2D eigenvalue weighted by Crippen LogP contribution is -2.02. The summed E-state index contributed by atoms with van der Waals surface area (Å²) in [5.41, 5.74) is 0. The van der Waals surface area contributed by atoms with Gasteiger partial charge >= 0.3 is 19.3 Å². The van der Waals surface area contributed by atoms with Gasteiger partial charge in [-0.05, 0) is 12.8 Å². The van der Waals surface area contributed by atoms with Crippen LogP contribution in [-0.4, -0.2) is 39.3 Å². The number of halogens is 1. The highest BCUT2D eigenvalue weighted by molar-refractivity contribution is 6.93. The highest BCUT2D eigenvalue weighted by Gasteiger charge is 1.88. The van der Waals surface area contributed by atoms with E-state index in [4.69, 9.17) is 18.5 Å². The normalized spacial score (nSPS) is 10.8. The fourth-order valence-corrected chi connectivity index (χ4v) is 1.86. The smallest absolute Gasteiger partial charge is 0.355 e. The third kappa shape index (κ3) is 14.7. The van der Waals surface area contributed by atoms with Gasteiger partial charge in [0.25, 0.3) is 0 Å². The summed E-state index contributed by atoms with van der Waals surface area (Å²) in [7, 11) is 5.69. The number of allylic oxidation sites excluding steroid dienone is 1. The molecule has 0 spiro atoms. The van der Waals surface area contributed by atoms with Crippen molar-refractivity contribution < 1.29 is 9.47 Å². The molecule has 0 rings (SSSR count). The Hall–Kier alpha value is 0.716. The quantitative estimate of drug-likeness (QED) is 0.240. The lowest BCUT2D eigenvalue weighted by molar-refractivity contribution is -0.0528. The average Bonchev–Trinajstić information content (AvgIpc) is 2.26. The Bertz CT molecular complexity index is 143. The highest BCUT2D eigenvalue weighted by Crippen LogP contribution is 1.95. The standard InChI is InChI=1S/C11H21O2.ClH.Mg/c1-3-5-7-8-10-13-11-12-9-6-4-2;;/h5,7H,1,3-4,6,8-11H2,2H3;1H;/q;;+1/p-1/b7-5+;;. The van der Waals surface area contributed by atoms with E-state index in [0.29, 0.717) is 6.79 Å². The molecular weight excluding hydrogens is 224 g/mol. The van der Waals surface area contributed by atoms with Crippen LogP contribution in [0, 0.1) is 0 Å². The van der Waals surface area contributed by atoms with Gasteiger partial charge in [0.15, 0.2) is 0 Å². The van der Waals surface area contributed by atoms with Crippen molar-refractivity contribution in [3.05, 3.63) is 12.2 Å². The van der Waals surface area contributed by atoms with Gasteiger partial charge in [0.1, 0.15) is 6.79 Å². The van der Waals surface area contributed by atoms with Crippen LogP contribution in [0.2, 0.25) is 4.55 Å². The third-order valence-corrected chi connectivity index (χ3v) is 3.39. The minimum absolute atomic E-state index is 0.272. The first-order valence-corrected chi connectivity index (χ1v) is 8.92. The Labute approximate surface area is 107 Å². The molecule has 2 nitrogen and oxygen atoms in total. The molecule has 0 radical (unpaired) electrons. The summed E-state index contributed by atoms with van der Waals surface area (Å²) in [6.07, 6.45) is 8.74. The van der Waals surface area contributed by atoms with E-state index in [9.17, 15) is 0 Å². The van der Waals surface area contributed by atoms with Crippen LogP contribution in [0.25, 0.3) is 0 Å². The highest BCUT2D eigenvalue weighted by atomic mass is 35.5. The molecule has 86 valence electrons. The van der Waals surface area contributed by atoms with Crippen LogP contribution in [-0.2, 0) is 9.47 Å². The van der Waals surface area contributed by atoms with E-state index < -0.39 is 0 Å². The van der Waals surface area contributed by atoms with Crippen molar-refractivity contribution in [2.24, 2.45) is 0 Å². The van der Waals surface area contributed by atoms with Gasteiger partial charge in [-0.1, -0.05) is 31.9 Å². The zero-order valence-electron chi connectivity index (χ0n) is 9.71. The first-order valence-electron chi connectivity index (χ1n) is 5.78. The second kappa shape index (κ2) is 14.7. The molecular formula is C11H21ClMgO2. The number of ether oxygens (including phenoxy) is 2. The zero-order valence-corrected chi connectivity index (χ0v) is 11.9. The van der Waals surface area contributed by atoms with Crippen LogP contribution in [0.1, 0.15) is 32.6 Å². The molecule has 0 bridgehead atoms. The summed E-state index contributed by atoms with van der Waals surface area (Å²) in [4.78, 5) is 0. The third-order valence-electron chi connectivity index (χ3n) is 1.91. The van der Waals surface area contributed by atoms with Gasteiger partial charge < -0.3 is 18.5 Å². The Balaban J connectivity index is 2.95. The van der Waals surface area contributed by atoms with Crippen molar-refractivity contribution in [3.63, 3.8) is 0 Å². The molecule has 0 unspecified atom stereocenters. The van der Waals surface area contributed by atoms with E-state index in [1.165, 1.54) is 11.0 Å². The van der Waals surface area contributed by atoms with Gasteiger partial charge in [0.2, 0.25) is 0 Å². The summed E-state index contributed by atoms with van der Waals surface area (Å²) in [6.45, 7) is 4.15. The van der Waals surface area contributed by atoms with Crippen molar-refractivity contribution >= 4 is 28.3 Å². The van der Waals surface area contributed by atoms with E-state index in [-0.39, 0.29) is 19.3 Å². The molecule has 0 aromatic carbocycles. The number of hydrogen-bond donors (Lipinski definition) is 0. The molecule has 0 heterocycles. The monoisotopic (exact) mass is 244 g/mol. The summed E-state index contributed by atoms with van der Waals surface area (Å²) >= 11 is -0.272. The van der Waals surface area contributed by atoms with E-state index in [1.54, 1.807) is 0 Å². The molecule has 0 aromatic heterocycles. The van der Waals surface area contributed by atoms with Crippen LogP contribution in [0.5, 0.6) is 0 Å². The Kier molecular flexibility index (Phi) is 15.4. The van der Waals surface area contributed by atoms with Crippen LogP contribution in [0.4, 0.5) is 0 Å². The number of hydrogen-bond acceptors (Lipinski definition) is 2. The molecule has 0 N–H and O–H groups in total. The fourth-order valence-electron chi connectivity index (χ4n) is 1.01. The minimum Gasteiger partial charge on any atom is -0.355 e. The molecule has 15 heavy (non-hydrogen) atoms. The summed E-state index contributed by atoms with van der Waals surface area (Å²) in [6, 6.07) is 0. The summed E-state index contributed by atoms with van der Waals surface area (Å²) in [5, 5.41) is 0. The molecule has 0 aromatic rings. The lowest BCUT2D eigenvalue weighted by Gasteiger charge is -2.03. The summed E-state index contributed by atoms with van der Waals surface area (Å²) in [5.74, 6) is 0. The fraction of sp³-hybridized carbons (Fsp3) is 0.818. The van der Waals surface area contributed by atoms with Gasteiger partial charge in [0, 0.05) is 6.61 Å². The van der Waals surface area contributed by atoms with E-state index in [1.807, 2.05) is 0 Å². The molecule has 4 heteroatoms. The lowest BCUT2D eigenvalue weighted by atomic mass is 10.3. The molecule has 0 aliphatic carbocycles. The van der Waals surface area contributed by atoms with E-state index >= 15 is 0 Å². The maximum absolute atomic E-state index is 5.69. The van der Waals surface area contributed by atoms with Crippen molar-refractivity contribution in [2.45, 2.75) is 37.2 Å². The average molecular weight is 245 g/mol. The van der Waals surface area contributed by atoms with E-state index in [0.717, 1.165) is 32.5 Å². The summed E-state index contributed by atoms with van der Waals surface area (Å²) < 4.78 is 11.8. The van der Waals surface area contributed by atoms with Crippen molar-refractivity contribution in [1.82, 2.24) is 0 Å². The Morgan fingerprint density at radius 2 is 1.87 bits per heavy atom.